The van der Waals surface area contributed by atoms with E-state index in [1.165, 1.54) is 47.9 Å². The zero-order chi connectivity index (χ0) is 47.4. The number of aromatic hydroxyl groups is 1. The van der Waals surface area contributed by atoms with Crippen molar-refractivity contribution < 1.29 is 63.6 Å². The number of carboxylic acid groups (broad SMARTS) is 1. The van der Waals surface area contributed by atoms with Crippen molar-refractivity contribution in [3.05, 3.63) is 29.8 Å². The normalized spacial score (nSPS) is 16.8. The molecule has 0 saturated carbocycles. The van der Waals surface area contributed by atoms with Gasteiger partial charge in [0, 0.05) is 18.7 Å². The zero-order valence-corrected chi connectivity index (χ0v) is 37.3. The number of benzene rings is 1. The van der Waals surface area contributed by atoms with Gasteiger partial charge in [-0.15, -0.1) is 0 Å². The minimum atomic E-state index is -1.52. The number of aliphatic hydroxyl groups is 2. The molecule has 0 aliphatic carbocycles. The standard InChI is InChI=1S/C39H61N9O13S2/c1-20(2)14-26(45-33(54)25(11-13-63-4)44-35(56)28(18-50)46-37(58)30-6-5-12-48(30)38(59)24(40)17-49)34(55)47-29(19-62)36(57)42-21(3)32(53)41-16-31(52)43-27(39(60)61)15-22-7-9-23(51)10-8-22/h7-10,20-21,24-30,49-51,62H,5-6,11-19,40H2,1-4H3,(H,41,53)(H,42,57)(H,43,52)(H,44,56)(H,45,54)(H,46,58)(H,47,55)(H,60,61)/t21-,24-,25-,26-,27-,28-,29-,30-/m0/s1. The van der Waals surface area contributed by atoms with Gasteiger partial charge in [-0.05, 0) is 68.2 Å². The molecule has 1 aliphatic heterocycles. The first-order valence-corrected chi connectivity index (χ1v) is 22.3. The first-order chi connectivity index (χ1) is 29.8. The minimum Gasteiger partial charge on any atom is -0.508 e. The number of aliphatic carboxylic acids is 1. The smallest absolute Gasteiger partial charge is 0.326 e. The number of thiol groups is 1. The Morgan fingerprint density at radius 2 is 1.38 bits per heavy atom. The summed E-state index contributed by atoms with van der Waals surface area (Å²) in [6.45, 7) is 2.96. The third kappa shape index (κ3) is 17.9. The second-order valence-corrected chi connectivity index (χ2v) is 16.6. The fourth-order valence-corrected chi connectivity index (χ4v) is 7.02. The maximum atomic E-state index is 13.7. The number of likely N-dealkylation sites (tertiary alicyclic amines) is 1. The highest BCUT2D eigenvalue weighted by atomic mass is 32.2. The highest BCUT2D eigenvalue weighted by Gasteiger charge is 2.38. The first-order valence-electron chi connectivity index (χ1n) is 20.2. The molecule has 24 heteroatoms. The van der Waals surface area contributed by atoms with E-state index in [2.05, 4.69) is 49.8 Å². The molecule has 0 aromatic heterocycles. The SMILES string of the molecule is CSCC[C@H](NC(=O)[C@H](CO)NC(=O)[C@@H]1CCCN1C(=O)[C@@H](N)CO)C(=O)N[C@@H](CC(C)C)C(=O)N[C@@H](CS)C(=O)N[C@@H](C)C(=O)NCC(=O)N[C@@H](Cc1ccc(O)cc1)C(=O)O. The van der Waals surface area contributed by atoms with Crippen LogP contribution in [-0.4, -0.2) is 171 Å². The van der Waals surface area contributed by atoms with Crippen molar-refractivity contribution in [3.8, 4) is 5.75 Å². The van der Waals surface area contributed by atoms with Crippen LogP contribution in [0.3, 0.4) is 0 Å². The predicted octanol–water partition coefficient (Wildman–Crippen LogP) is -3.90. The van der Waals surface area contributed by atoms with Gasteiger partial charge in [0.2, 0.25) is 47.3 Å². The Balaban J connectivity index is 2.04. The zero-order valence-electron chi connectivity index (χ0n) is 35.6. The monoisotopic (exact) mass is 927 g/mol. The molecular weight excluding hydrogens is 867 g/mol. The number of carboxylic acids is 1. The van der Waals surface area contributed by atoms with Gasteiger partial charge in [0.05, 0.1) is 19.8 Å². The van der Waals surface area contributed by atoms with Crippen molar-refractivity contribution in [1.29, 1.82) is 0 Å². The van der Waals surface area contributed by atoms with E-state index in [0.717, 1.165) is 0 Å². The maximum absolute atomic E-state index is 13.7. The third-order valence-electron chi connectivity index (χ3n) is 9.75. The summed E-state index contributed by atoms with van der Waals surface area (Å²) < 4.78 is 0. The number of aliphatic hydroxyl groups excluding tert-OH is 2. The van der Waals surface area contributed by atoms with Crippen molar-refractivity contribution >= 4 is 77.6 Å². The van der Waals surface area contributed by atoms with Crippen LogP contribution in [0.25, 0.3) is 0 Å². The summed E-state index contributed by atoms with van der Waals surface area (Å²) in [6, 6.07) is -4.41. The lowest BCUT2D eigenvalue weighted by Gasteiger charge is -2.28. The average molecular weight is 928 g/mol. The van der Waals surface area contributed by atoms with Crippen LogP contribution in [0.2, 0.25) is 0 Å². The number of thioether (sulfide) groups is 1. The maximum Gasteiger partial charge on any atom is 0.326 e. The number of carbonyl (C=O) groups is 9. The number of nitrogens with two attached hydrogens (primary N) is 1. The van der Waals surface area contributed by atoms with E-state index in [1.807, 2.05) is 0 Å². The summed E-state index contributed by atoms with van der Waals surface area (Å²) in [5.41, 5.74) is 6.18. The highest BCUT2D eigenvalue weighted by molar-refractivity contribution is 7.98. The van der Waals surface area contributed by atoms with Crippen LogP contribution < -0.4 is 43.0 Å². The Morgan fingerprint density at radius 3 is 1.95 bits per heavy atom. The quantitative estimate of drug-likeness (QED) is 0.0395. The summed E-state index contributed by atoms with van der Waals surface area (Å²) in [6.07, 6.45) is 2.55. The second-order valence-electron chi connectivity index (χ2n) is 15.3. The third-order valence-corrected chi connectivity index (χ3v) is 10.8. The Labute approximate surface area is 374 Å². The Bertz CT molecular complexity index is 1760. The van der Waals surface area contributed by atoms with Gasteiger partial charge >= 0.3 is 5.97 Å². The Morgan fingerprint density at radius 1 is 0.794 bits per heavy atom. The van der Waals surface area contributed by atoms with Gasteiger partial charge in [0.1, 0.15) is 54.1 Å². The van der Waals surface area contributed by atoms with Crippen molar-refractivity contribution in [3.63, 3.8) is 0 Å². The molecule has 1 fully saturated rings. The summed E-state index contributed by atoms with van der Waals surface area (Å²) in [5, 5.41) is 55.5. The molecule has 2 rings (SSSR count). The van der Waals surface area contributed by atoms with Gasteiger partial charge in [0.25, 0.3) is 0 Å². The van der Waals surface area contributed by atoms with Gasteiger partial charge in [-0.1, -0.05) is 26.0 Å². The molecule has 352 valence electrons. The Hall–Kier alpha value is -5.17. The van der Waals surface area contributed by atoms with Crippen LogP contribution in [0.1, 0.15) is 52.0 Å². The largest absolute Gasteiger partial charge is 0.508 e. The minimum absolute atomic E-state index is 0.0195. The summed E-state index contributed by atoms with van der Waals surface area (Å²) >= 11 is 5.54. The molecule has 1 heterocycles. The van der Waals surface area contributed by atoms with Crippen LogP contribution >= 0.6 is 24.4 Å². The van der Waals surface area contributed by atoms with E-state index in [1.54, 1.807) is 20.1 Å². The molecule has 1 aromatic rings. The number of rotatable bonds is 26. The van der Waals surface area contributed by atoms with Crippen molar-refractivity contribution in [2.75, 3.05) is 44.1 Å². The fraction of sp³-hybridized carbons (Fsp3) is 0.615. The van der Waals surface area contributed by atoms with Crippen LogP contribution in [0.15, 0.2) is 24.3 Å². The first kappa shape index (κ1) is 54.0. The van der Waals surface area contributed by atoms with Crippen LogP contribution in [0.5, 0.6) is 5.75 Å². The van der Waals surface area contributed by atoms with Gasteiger partial charge < -0.3 is 68.3 Å². The summed E-state index contributed by atoms with van der Waals surface area (Å²) in [7, 11) is 0. The van der Waals surface area contributed by atoms with E-state index in [0.29, 0.717) is 17.7 Å². The summed E-state index contributed by atoms with van der Waals surface area (Å²) in [4.78, 5) is 118. The van der Waals surface area contributed by atoms with Gasteiger partial charge in [-0.3, -0.25) is 38.4 Å². The van der Waals surface area contributed by atoms with Crippen LogP contribution in [-0.2, 0) is 49.6 Å². The molecule has 1 aliphatic rings. The van der Waals surface area contributed by atoms with Crippen molar-refractivity contribution in [2.45, 2.75) is 101 Å². The van der Waals surface area contributed by atoms with Crippen molar-refractivity contribution in [2.24, 2.45) is 11.7 Å². The lowest BCUT2D eigenvalue weighted by atomic mass is 10.0. The lowest BCUT2D eigenvalue weighted by molar-refractivity contribution is -0.141. The van der Waals surface area contributed by atoms with Gasteiger partial charge in [-0.2, -0.15) is 24.4 Å². The molecule has 22 nitrogen and oxygen atoms in total. The van der Waals surface area contributed by atoms with E-state index < -0.39 is 121 Å². The summed E-state index contributed by atoms with van der Waals surface area (Å²) in [5.74, 6) is -7.70. The topological polar surface area (TPSA) is 348 Å². The average Bonchev–Trinajstić information content (AvgIpc) is 3.74. The number of nitrogens with one attached hydrogen (secondary N) is 7. The van der Waals surface area contributed by atoms with Crippen LogP contribution in [0, 0.1) is 5.92 Å². The van der Waals surface area contributed by atoms with E-state index in [-0.39, 0.29) is 49.6 Å². The second kappa shape index (κ2) is 27.1. The molecule has 8 amide bonds. The molecule has 0 spiro atoms. The molecular formula is C39H61N9O13S2. The molecule has 13 N–H and O–H groups in total. The number of nitrogens with zero attached hydrogens (tertiary/aromatic N) is 1. The lowest BCUT2D eigenvalue weighted by Crippen LogP contribution is -2.60. The van der Waals surface area contributed by atoms with Crippen molar-refractivity contribution in [1.82, 2.24) is 42.1 Å². The molecule has 63 heavy (non-hydrogen) atoms. The predicted molar refractivity (Wildman–Crippen MR) is 233 cm³/mol. The van der Waals surface area contributed by atoms with Gasteiger partial charge in [0.15, 0.2) is 0 Å². The molecule has 0 bridgehead atoms. The molecule has 1 aromatic carbocycles. The van der Waals surface area contributed by atoms with E-state index in [9.17, 15) is 63.6 Å². The van der Waals surface area contributed by atoms with Crippen LogP contribution in [0.4, 0.5) is 0 Å². The Kier molecular flexibility index (Phi) is 23.2. The fourth-order valence-electron chi connectivity index (χ4n) is 6.29. The number of carbonyl (C=O) groups excluding carboxylic acids is 8. The molecule has 8 atom stereocenters. The number of phenols is 1. The number of phenolic OH excluding ortho intramolecular Hbond substituents is 1. The highest BCUT2D eigenvalue weighted by Crippen LogP contribution is 2.19. The van der Waals surface area contributed by atoms with E-state index >= 15 is 0 Å². The van der Waals surface area contributed by atoms with E-state index in [4.69, 9.17) is 5.73 Å². The van der Waals surface area contributed by atoms with Gasteiger partial charge in [-0.25, -0.2) is 4.79 Å². The molecule has 0 unspecified atom stereocenters. The number of hydrogen-bond acceptors (Lipinski definition) is 15. The molecule has 1 saturated heterocycles. The number of hydrogen-bond donors (Lipinski definition) is 13. The number of amides is 8. The molecule has 0 radical (unpaired) electrons.